The molecule has 1 unspecified atom stereocenters. The molecule has 0 amide bonds. The van der Waals surface area contributed by atoms with Crippen molar-refractivity contribution in [1.82, 2.24) is 19.7 Å². The molecule has 2 heterocycles. The van der Waals surface area contributed by atoms with Gasteiger partial charge in [-0.2, -0.15) is 5.10 Å². The Kier molecular flexibility index (Phi) is 3.28. The summed E-state index contributed by atoms with van der Waals surface area (Å²) in [7, 11) is 0. The summed E-state index contributed by atoms with van der Waals surface area (Å²) in [5, 5.41) is 4.64. The smallest absolute Gasteiger partial charge is 0.229 e. The van der Waals surface area contributed by atoms with Crippen LogP contribution in [0.2, 0.25) is 0 Å². The highest BCUT2D eigenvalue weighted by atomic mass is 16.1. The third-order valence-corrected chi connectivity index (χ3v) is 5.15. The van der Waals surface area contributed by atoms with E-state index in [1.165, 1.54) is 5.56 Å². The molecule has 1 aliphatic carbocycles. The van der Waals surface area contributed by atoms with Crippen LogP contribution in [-0.4, -0.2) is 25.5 Å². The highest BCUT2D eigenvalue weighted by Gasteiger charge is 2.32. The van der Waals surface area contributed by atoms with Crippen LogP contribution in [0.5, 0.6) is 0 Å². The molecule has 5 rings (SSSR count). The van der Waals surface area contributed by atoms with Gasteiger partial charge in [-0.1, -0.05) is 42.5 Å². The second kappa shape index (κ2) is 5.66. The first kappa shape index (κ1) is 15.1. The molecule has 4 aromatic rings. The van der Waals surface area contributed by atoms with Crippen molar-refractivity contribution in [1.29, 1.82) is 0 Å². The number of H-pyrrole nitrogens is 1. The zero-order valence-corrected chi connectivity index (χ0v) is 14.4. The fraction of sp³-hybridized carbons (Fsp3) is 0.190. The number of ketones is 1. The lowest BCUT2D eigenvalue weighted by Crippen LogP contribution is -2.20. The maximum absolute atomic E-state index is 12.8. The molecule has 1 aliphatic rings. The molecule has 0 fully saturated rings. The monoisotopic (exact) mass is 342 g/mol. The first-order valence-electron chi connectivity index (χ1n) is 8.82. The SMILES string of the molecule is Cc1nn(-c2nc3ccccc3[nH]2)c2c1C(=O)CC(c1ccccc1)C2. The van der Waals surface area contributed by atoms with Crippen LogP contribution in [-0.2, 0) is 6.42 Å². The Balaban J connectivity index is 1.64. The molecule has 0 aliphatic heterocycles. The van der Waals surface area contributed by atoms with Gasteiger partial charge < -0.3 is 4.98 Å². The van der Waals surface area contributed by atoms with Crippen molar-refractivity contribution in [3.63, 3.8) is 0 Å². The molecule has 0 spiro atoms. The average molecular weight is 342 g/mol. The van der Waals surface area contributed by atoms with Gasteiger partial charge in [-0.15, -0.1) is 0 Å². The largest absolute Gasteiger partial charge is 0.322 e. The summed E-state index contributed by atoms with van der Waals surface area (Å²) in [5.74, 6) is 1.01. The Hall–Kier alpha value is -3.21. The van der Waals surface area contributed by atoms with Crippen LogP contribution in [0, 0.1) is 6.92 Å². The number of aromatic nitrogens is 4. The number of Topliss-reactive ketones (excluding diaryl/α,β-unsaturated/α-hetero) is 1. The number of rotatable bonds is 2. The molecule has 2 aromatic carbocycles. The Labute approximate surface area is 150 Å². The number of hydrogen-bond acceptors (Lipinski definition) is 3. The minimum atomic E-state index is 0.167. The standard InChI is InChI=1S/C21H18N4O/c1-13-20-18(11-15(12-19(20)26)14-7-3-2-4-8-14)25(24-13)21-22-16-9-5-6-10-17(16)23-21/h2-10,15H,11-12H2,1H3,(H,22,23). The van der Waals surface area contributed by atoms with Crippen LogP contribution < -0.4 is 0 Å². The number of para-hydroxylation sites is 2. The van der Waals surface area contributed by atoms with Gasteiger partial charge in [0.25, 0.3) is 0 Å². The van der Waals surface area contributed by atoms with Gasteiger partial charge >= 0.3 is 0 Å². The summed E-state index contributed by atoms with van der Waals surface area (Å²) in [6, 6.07) is 18.1. The van der Waals surface area contributed by atoms with Gasteiger partial charge in [0.2, 0.25) is 5.95 Å². The van der Waals surface area contributed by atoms with Crippen molar-refractivity contribution in [2.75, 3.05) is 0 Å². The fourth-order valence-electron chi connectivity index (χ4n) is 3.93. The topological polar surface area (TPSA) is 63.6 Å². The van der Waals surface area contributed by atoms with Crippen LogP contribution in [0.25, 0.3) is 17.0 Å². The van der Waals surface area contributed by atoms with E-state index >= 15 is 0 Å². The molecule has 0 saturated carbocycles. The number of imidazole rings is 1. The molecule has 1 atom stereocenters. The lowest BCUT2D eigenvalue weighted by Gasteiger charge is -2.22. The predicted molar refractivity (Wildman–Crippen MR) is 99.8 cm³/mol. The Bertz CT molecular complexity index is 1090. The van der Waals surface area contributed by atoms with E-state index in [1.807, 2.05) is 54.1 Å². The van der Waals surface area contributed by atoms with Crippen molar-refractivity contribution in [2.45, 2.75) is 25.7 Å². The molecule has 128 valence electrons. The number of aromatic amines is 1. The summed E-state index contributed by atoms with van der Waals surface area (Å²) < 4.78 is 1.82. The number of fused-ring (bicyclic) bond motifs is 2. The van der Waals surface area contributed by atoms with Crippen molar-refractivity contribution in [3.05, 3.63) is 77.1 Å². The quantitative estimate of drug-likeness (QED) is 0.599. The second-order valence-corrected chi connectivity index (χ2v) is 6.84. The Morgan fingerprint density at radius 1 is 1.04 bits per heavy atom. The molecule has 26 heavy (non-hydrogen) atoms. The number of hydrogen-bond donors (Lipinski definition) is 1. The first-order valence-corrected chi connectivity index (χ1v) is 8.82. The Morgan fingerprint density at radius 2 is 1.81 bits per heavy atom. The first-order chi connectivity index (χ1) is 12.7. The molecule has 1 N–H and O–H groups in total. The van der Waals surface area contributed by atoms with Crippen molar-refractivity contribution >= 4 is 16.8 Å². The summed E-state index contributed by atoms with van der Waals surface area (Å²) in [4.78, 5) is 20.8. The molecule has 5 nitrogen and oxygen atoms in total. The summed E-state index contributed by atoms with van der Waals surface area (Å²) in [6.45, 7) is 1.90. The van der Waals surface area contributed by atoms with Crippen molar-refractivity contribution in [2.24, 2.45) is 0 Å². The van der Waals surface area contributed by atoms with E-state index in [-0.39, 0.29) is 11.7 Å². The maximum Gasteiger partial charge on any atom is 0.229 e. The number of aryl methyl sites for hydroxylation is 1. The van der Waals surface area contributed by atoms with E-state index < -0.39 is 0 Å². The molecule has 0 saturated heterocycles. The normalized spacial score (nSPS) is 16.8. The number of nitrogens with one attached hydrogen (secondary N) is 1. The molecule has 5 heteroatoms. The van der Waals surface area contributed by atoms with E-state index in [0.717, 1.165) is 34.4 Å². The third-order valence-electron chi connectivity index (χ3n) is 5.15. The predicted octanol–water partition coefficient (Wildman–Crippen LogP) is 3.97. The van der Waals surface area contributed by atoms with E-state index in [2.05, 4.69) is 27.2 Å². The van der Waals surface area contributed by atoms with Crippen LogP contribution >= 0.6 is 0 Å². The number of carbonyl (C=O) groups is 1. The number of nitrogens with zero attached hydrogens (tertiary/aromatic N) is 3. The zero-order valence-electron chi connectivity index (χ0n) is 14.4. The highest BCUT2D eigenvalue weighted by molar-refractivity contribution is 6.00. The van der Waals surface area contributed by atoms with Crippen LogP contribution in [0.3, 0.4) is 0 Å². The summed E-state index contributed by atoms with van der Waals surface area (Å²) in [6.07, 6.45) is 1.31. The minimum absolute atomic E-state index is 0.167. The minimum Gasteiger partial charge on any atom is -0.322 e. The number of benzene rings is 2. The van der Waals surface area contributed by atoms with Gasteiger partial charge in [0.15, 0.2) is 5.78 Å². The second-order valence-electron chi connectivity index (χ2n) is 6.84. The van der Waals surface area contributed by atoms with Gasteiger partial charge in [-0.25, -0.2) is 9.67 Å². The van der Waals surface area contributed by atoms with E-state index in [1.54, 1.807) is 0 Å². The van der Waals surface area contributed by atoms with Crippen LogP contribution in [0.4, 0.5) is 0 Å². The van der Waals surface area contributed by atoms with E-state index in [9.17, 15) is 4.79 Å². The fourth-order valence-corrected chi connectivity index (χ4v) is 3.93. The molecular weight excluding hydrogens is 324 g/mol. The van der Waals surface area contributed by atoms with Gasteiger partial charge in [0, 0.05) is 6.42 Å². The van der Waals surface area contributed by atoms with Gasteiger partial charge in [0.05, 0.1) is 28.0 Å². The molecule has 2 aromatic heterocycles. The van der Waals surface area contributed by atoms with Crippen molar-refractivity contribution < 1.29 is 4.79 Å². The summed E-state index contributed by atoms with van der Waals surface area (Å²) in [5.41, 5.74) is 5.54. The molecule has 0 radical (unpaired) electrons. The van der Waals surface area contributed by atoms with Gasteiger partial charge in [-0.3, -0.25) is 4.79 Å². The van der Waals surface area contributed by atoms with E-state index in [4.69, 9.17) is 0 Å². The Morgan fingerprint density at radius 3 is 2.62 bits per heavy atom. The van der Waals surface area contributed by atoms with Gasteiger partial charge in [0.1, 0.15) is 0 Å². The lowest BCUT2D eigenvalue weighted by atomic mass is 9.81. The van der Waals surface area contributed by atoms with E-state index in [0.29, 0.717) is 12.4 Å². The highest BCUT2D eigenvalue weighted by Crippen LogP contribution is 2.35. The van der Waals surface area contributed by atoms with Crippen molar-refractivity contribution in [3.8, 4) is 5.95 Å². The molecular formula is C21H18N4O. The van der Waals surface area contributed by atoms with Crippen LogP contribution in [0.15, 0.2) is 54.6 Å². The lowest BCUT2D eigenvalue weighted by molar-refractivity contribution is 0.0963. The van der Waals surface area contributed by atoms with Gasteiger partial charge in [-0.05, 0) is 37.0 Å². The summed E-state index contributed by atoms with van der Waals surface area (Å²) >= 11 is 0. The third kappa shape index (κ3) is 2.28. The van der Waals surface area contributed by atoms with Crippen LogP contribution in [0.1, 0.15) is 39.6 Å². The maximum atomic E-state index is 12.8. The average Bonchev–Trinajstić information content (AvgIpc) is 3.23. The molecule has 0 bridgehead atoms. The zero-order chi connectivity index (χ0) is 17.7. The number of carbonyl (C=O) groups excluding carboxylic acids is 1.